The Morgan fingerprint density at radius 2 is 1.69 bits per heavy atom. The third-order valence-electron chi connectivity index (χ3n) is 4.46. The van der Waals surface area contributed by atoms with Gasteiger partial charge in [-0.15, -0.1) is 0 Å². The molecule has 26 heavy (non-hydrogen) atoms. The number of hydrogen-bond acceptors (Lipinski definition) is 2. The van der Waals surface area contributed by atoms with Crippen LogP contribution < -0.4 is 10.2 Å². The zero-order valence-corrected chi connectivity index (χ0v) is 14.5. The average molecular weight is 360 g/mol. The summed E-state index contributed by atoms with van der Waals surface area (Å²) >= 11 is 0. The Labute approximate surface area is 150 Å². The van der Waals surface area contributed by atoms with Crippen LogP contribution in [-0.2, 0) is 11.0 Å². The summed E-state index contributed by atoms with van der Waals surface area (Å²) < 4.78 is 38.5. The second-order valence-electron chi connectivity index (χ2n) is 6.03. The predicted octanol–water partition coefficient (Wildman–Crippen LogP) is 5.04. The van der Waals surface area contributed by atoms with E-state index in [1.807, 2.05) is 24.3 Å². The Morgan fingerprint density at radius 1 is 1.04 bits per heavy atom. The molecule has 1 heterocycles. The van der Waals surface area contributed by atoms with Crippen molar-refractivity contribution in [1.82, 2.24) is 0 Å². The number of carbonyl (C=O) groups is 1. The topological polar surface area (TPSA) is 32.3 Å². The van der Waals surface area contributed by atoms with Crippen molar-refractivity contribution in [3.8, 4) is 0 Å². The number of anilines is 2. The number of carbonyl (C=O) groups excluding carboxylic acids is 1. The Hall–Kier alpha value is -2.76. The van der Waals surface area contributed by atoms with E-state index in [1.54, 1.807) is 6.08 Å². The van der Waals surface area contributed by atoms with E-state index < -0.39 is 17.6 Å². The minimum atomic E-state index is -4.44. The normalized spacial score (nSPS) is 15.1. The average Bonchev–Trinajstić information content (AvgIpc) is 2.91. The second-order valence-corrected chi connectivity index (χ2v) is 6.03. The van der Waals surface area contributed by atoms with Gasteiger partial charge < -0.3 is 10.2 Å². The highest BCUT2D eigenvalue weighted by molar-refractivity contribution is 6.34. The molecule has 1 aliphatic heterocycles. The van der Waals surface area contributed by atoms with Gasteiger partial charge in [-0.2, -0.15) is 13.2 Å². The van der Waals surface area contributed by atoms with Crippen LogP contribution in [-0.4, -0.2) is 19.0 Å². The van der Waals surface area contributed by atoms with Crippen molar-refractivity contribution in [2.45, 2.75) is 20.0 Å². The molecule has 0 spiro atoms. The first kappa shape index (κ1) is 18.0. The molecule has 3 rings (SSSR count). The number of alkyl halides is 3. The van der Waals surface area contributed by atoms with Crippen LogP contribution in [0.5, 0.6) is 0 Å². The highest BCUT2D eigenvalue weighted by atomic mass is 19.4. The van der Waals surface area contributed by atoms with Crippen LogP contribution in [0.25, 0.3) is 11.6 Å². The SMILES string of the molecule is CCN(CC)c1ccc(/C=C2\C(=O)Nc3cc(C(F)(F)F)ccc32)cc1. The maximum atomic E-state index is 12.8. The number of nitrogens with zero attached hydrogens (tertiary/aromatic N) is 1. The Bertz CT molecular complexity index is 850. The van der Waals surface area contributed by atoms with Gasteiger partial charge in [0.25, 0.3) is 5.91 Å². The molecule has 1 aliphatic rings. The summed E-state index contributed by atoms with van der Waals surface area (Å²) in [7, 11) is 0. The third-order valence-corrected chi connectivity index (χ3v) is 4.46. The zero-order valence-electron chi connectivity index (χ0n) is 14.5. The van der Waals surface area contributed by atoms with Crippen LogP contribution >= 0.6 is 0 Å². The molecular weight excluding hydrogens is 341 g/mol. The Balaban J connectivity index is 1.92. The van der Waals surface area contributed by atoms with Crippen LogP contribution in [0.1, 0.15) is 30.5 Å². The van der Waals surface area contributed by atoms with Gasteiger partial charge in [0.1, 0.15) is 0 Å². The lowest BCUT2D eigenvalue weighted by Crippen LogP contribution is -2.21. The molecule has 0 aromatic heterocycles. The van der Waals surface area contributed by atoms with E-state index in [9.17, 15) is 18.0 Å². The number of nitrogens with one attached hydrogen (secondary N) is 1. The van der Waals surface area contributed by atoms with Gasteiger partial charge in [-0.25, -0.2) is 0 Å². The first-order valence-electron chi connectivity index (χ1n) is 8.43. The summed E-state index contributed by atoms with van der Waals surface area (Å²) in [6.07, 6.45) is -2.74. The maximum absolute atomic E-state index is 12.8. The minimum absolute atomic E-state index is 0.191. The number of amides is 1. The van der Waals surface area contributed by atoms with E-state index in [0.717, 1.165) is 36.5 Å². The summed E-state index contributed by atoms with van der Waals surface area (Å²) in [6.45, 7) is 5.95. The largest absolute Gasteiger partial charge is 0.416 e. The molecule has 0 unspecified atom stereocenters. The summed E-state index contributed by atoms with van der Waals surface area (Å²) in [6, 6.07) is 11.0. The molecular formula is C20H19F3N2O. The van der Waals surface area contributed by atoms with Crippen LogP contribution in [0, 0.1) is 0 Å². The number of fused-ring (bicyclic) bond motifs is 1. The zero-order chi connectivity index (χ0) is 18.9. The number of halogens is 3. The van der Waals surface area contributed by atoms with Crippen molar-refractivity contribution < 1.29 is 18.0 Å². The molecule has 0 fully saturated rings. The molecule has 3 nitrogen and oxygen atoms in total. The fourth-order valence-electron chi connectivity index (χ4n) is 3.05. The van der Waals surface area contributed by atoms with Gasteiger partial charge in [0.05, 0.1) is 5.56 Å². The van der Waals surface area contributed by atoms with Crippen LogP contribution in [0.2, 0.25) is 0 Å². The summed E-state index contributed by atoms with van der Waals surface area (Å²) in [5.41, 5.74) is 2.17. The number of benzene rings is 2. The third kappa shape index (κ3) is 3.45. The van der Waals surface area contributed by atoms with Gasteiger partial charge in [0.15, 0.2) is 0 Å². The maximum Gasteiger partial charge on any atom is 0.416 e. The standard InChI is InChI=1S/C20H19F3N2O/c1-3-25(4-2)15-8-5-13(6-9-15)11-17-16-10-7-14(20(21,22)23)12-18(16)24-19(17)26/h5-12H,3-4H2,1-2H3,(H,24,26)/b17-11-. The minimum Gasteiger partial charge on any atom is -0.372 e. The van der Waals surface area contributed by atoms with Gasteiger partial charge in [0.2, 0.25) is 0 Å². The summed E-state index contributed by atoms with van der Waals surface area (Å²) in [5.74, 6) is -0.396. The highest BCUT2D eigenvalue weighted by Gasteiger charge is 2.33. The van der Waals surface area contributed by atoms with E-state index in [-0.39, 0.29) is 5.69 Å². The van der Waals surface area contributed by atoms with Crippen LogP contribution in [0.3, 0.4) is 0 Å². The molecule has 2 aromatic rings. The molecule has 0 bridgehead atoms. The quantitative estimate of drug-likeness (QED) is 0.775. The second kappa shape index (κ2) is 6.86. The lowest BCUT2D eigenvalue weighted by Gasteiger charge is -2.20. The molecule has 1 amide bonds. The molecule has 0 aliphatic carbocycles. The van der Waals surface area contributed by atoms with Crippen molar-refractivity contribution in [3.63, 3.8) is 0 Å². The van der Waals surface area contributed by atoms with Crippen LogP contribution in [0.15, 0.2) is 42.5 Å². The Kier molecular flexibility index (Phi) is 4.76. The number of hydrogen-bond donors (Lipinski definition) is 1. The first-order chi connectivity index (χ1) is 12.3. The highest BCUT2D eigenvalue weighted by Crippen LogP contribution is 2.38. The fraction of sp³-hybridized carbons (Fsp3) is 0.250. The van der Waals surface area contributed by atoms with E-state index in [0.29, 0.717) is 11.1 Å². The van der Waals surface area contributed by atoms with Crippen molar-refractivity contribution >= 4 is 28.9 Å². The summed E-state index contributed by atoms with van der Waals surface area (Å²) in [5, 5.41) is 2.51. The van der Waals surface area contributed by atoms with Crippen molar-refractivity contribution in [2.75, 3.05) is 23.3 Å². The van der Waals surface area contributed by atoms with Crippen molar-refractivity contribution in [3.05, 3.63) is 59.2 Å². The molecule has 1 N–H and O–H groups in total. The molecule has 0 saturated carbocycles. The molecule has 0 saturated heterocycles. The smallest absolute Gasteiger partial charge is 0.372 e. The Morgan fingerprint density at radius 3 is 2.27 bits per heavy atom. The molecule has 136 valence electrons. The molecule has 6 heteroatoms. The van der Waals surface area contributed by atoms with Gasteiger partial charge in [-0.05, 0) is 49.8 Å². The fourth-order valence-corrected chi connectivity index (χ4v) is 3.05. The molecule has 2 aromatic carbocycles. The van der Waals surface area contributed by atoms with Gasteiger partial charge in [-0.1, -0.05) is 18.2 Å². The van der Waals surface area contributed by atoms with Gasteiger partial charge in [0, 0.05) is 35.6 Å². The van der Waals surface area contributed by atoms with E-state index in [1.165, 1.54) is 6.07 Å². The van der Waals surface area contributed by atoms with Crippen LogP contribution in [0.4, 0.5) is 24.5 Å². The molecule has 0 radical (unpaired) electrons. The van der Waals surface area contributed by atoms with E-state index in [2.05, 4.69) is 24.1 Å². The van der Waals surface area contributed by atoms with Gasteiger partial charge >= 0.3 is 6.18 Å². The number of rotatable bonds is 4. The van der Waals surface area contributed by atoms with Gasteiger partial charge in [-0.3, -0.25) is 4.79 Å². The van der Waals surface area contributed by atoms with Crippen molar-refractivity contribution in [1.29, 1.82) is 0 Å². The first-order valence-corrected chi connectivity index (χ1v) is 8.43. The lowest BCUT2D eigenvalue weighted by atomic mass is 10.0. The monoisotopic (exact) mass is 360 g/mol. The lowest BCUT2D eigenvalue weighted by molar-refractivity contribution is -0.137. The van der Waals surface area contributed by atoms with Crippen molar-refractivity contribution in [2.24, 2.45) is 0 Å². The summed E-state index contributed by atoms with van der Waals surface area (Å²) in [4.78, 5) is 14.4. The molecule has 0 atom stereocenters. The predicted molar refractivity (Wildman–Crippen MR) is 97.9 cm³/mol. The van der Waals surface area contributed by atoms with E-state index >= 15 is 0 Å². The van der Waals surface area contributed by atoms with E-state index in [4.69, 9.17) is 0 Å².